The molecule has 3 heteroatoms. The third kappa shape index (κ3) is 2.09. The summed E-state index contributed by atoms with van der Waals surface area (Å²) in [5.41, 5.74) is -0.662. The van der Waals surface area contributed by atoms with E-state index in [1.54, 1.807) is 0 Å². The van der Waals surface area contributed by atoms with E-state index in [4.69, 9.17) is 0 Å². The minimum atomic E-state index is -1.04. The van der Waals surface area contributed by atoms with Gasteiger partial charge in [0.05, 0.1) is 5.60 Å². The van der Waals surface area contributed by atoms with Gasteiger partial charge in [0.25, 0.3) is 0 Å². The van der Waals surface area contributed by atoms with Crippen molar-refractivity contribution in [3.05, 3.63) is 35.4 Å². The van der Waals surface area contributed by atoms with Gasteiger partial charge in [-0.2, -0.15) is 0 Å². The maximum absolute atomic E-state index is 13.1. The zero-order valence-corrected chi connectivity index (χ0v) is 9.34. The fourth-order valence-corrected chi connectivity index (χ4v) is 2.56. The first-order chi connectivity index (χ1) is 7.53. The van der Waals surface area contributed by atoms with E-state index in [-0.39, 0.29) is 0 Å². The first kappa shape index (κ1) is 11.5. The second-order valence-electron chi connectivity index (χ2n) is 4.71. The standard InChI is InChI=1S/C13H16F2O/c1-2-9-3-4-13(16,8-9)10-5-11(14)7-12(15)6-10/h5-7,9,16H,2-4,8H2,1H3. The maximum atomic E-state index is 13.1. The van der Waals surface area contributed by atoms with Gasteiger partial charge in [-0.05, 0) is 42.9 Å². The predicted molar refractivity (Wildman–Crippen MR) is 57.9 cm³/mol. The average molecular weight is 226 g/mol. The van der Waals surface area contributed by atoms with Crippen molar-refractivity contribution in [2.75, 3.05) is 0 Å². The monoisotopic (exact) mass is 226 g/mol. The SMILES string of the molecule is CCC1CCC(O)(c2cc(F)cc(F)c2)C1. The molecule has 0 amide bonds. The number of hydrogen-bond donors (Lipinski definition) is 1. The van der Waals surface area contributed by atoms with Crippen LogP contribution in [0.2, 0.25) is 0 Å². The maximum Gasteiger partial charge on any atom is 0.126 e. The highest BCUT2D eigenvalue weighted by Crippen LogP contribution is 2.43. The molecule has 88 valence electrons. The largest absolute Gasteiger partial charge is 0.385 e. The molecule has 0 radical (unpaired) electrons. The highest BCUT2D eigenvalue weighted by Gasteiger charge is 2.38. The first-order valence-corrected chi connectivity index (χ1v) is 5.72. The molecule has 1 aliphatic rings. The van der Waals surface area contributed by atoms with Gasteiger partial charge in [-0.15, -0.1) is 0 Å². The van der Waals surface area contributed by atoms with Crippen molar-refractivity contribution in [2.45, 2.75) is 38.2 Å². The number of benzene rings is 1. The lowest BCUT2D eigenvalue weighted by Crippen LogP contribution is -2.22. The summed E-state index contributed by atoms with van der Waals surface area (Å²) in [6.45, 7) is 2.07. The Morgan fingerprint density at radius 2 is 1.94 bits per heavy atom. The molecule has 1 aromatic carbocycles. The van der Waals surface area contributed by atoms with Crippen molar-refractivity contribution < 1.29 is 13.9 Å². The van der Waals surface area contributed by atoms with E-state index in [1.165, 1.54) is 12.1 Å². The fraction of sp³-hybridized carbons (Fsp3) is 0.538. The molecule has 1 fully saturated rings. The van der Waals surface area contributed by atoms with Crippen LogP contribution in [0.1, 0.15) is 38.2 Å². The van der Waals surface area contributed by atoms with E-state index in [1.807, 2.05) is 0 Å². The molecule has 0 bridgehead atoms. The molecule has 0 aliphatic heterocycles. The molecule has 0 saturated heterocycles. The molecule has 16 heavy (non-hydrogen) atoms. The summed E-state index contributed by atoms with van der Waals surface area (Å²) < 4.78 is 26.2. The van der Waals surface area contributed by atoms with Crippen LogP contribution < -0.4 is 0 Å². The van der Waals surface area contributed by atoms with Crippen LogP contribution in [0.5, 0.6) is 0 Å². The minimum Gasteiger partial charge on any atom is -0.385 e. The Hall–Kier alpha value is -0.960. The van der Waals surface area contributed by atoms with E-state index < -0.39 is 17.2 Å². The van der Waals surface area contributed by atoms with Crippen LogP contribution in [-0.2, 0) is 5.60 Å². The van der Waals surface area contributed by atoms with Crippen molar-refractivity contribution in [2.24, 2.45) is 5.92 Å². The van der Waals surface area contributed by atoms with Crippen molar-refractivity contribution in [3.8, 4) is 0 Å². The minimum absolute atomic E-state index is 0.376. The molecule has 1 aliphatic carbocycles. The summed E-state index contributed by atoms with van der Waals surface area (Å²) >= 11 is 0. The van der Waals surface area contributed by atoms with Crippen LogP contribution in [0.25, 0.3) is 0 Å². The molecule has 2 unspecified atom stereocenters. The third-order valence-corrected chi connectivity index (χ3v) is 3.57. The Balaban J connectivity index is 2.29. The van der Waals surface area contributed by atoms with Crippen LogP contribution in [0.15, 0.2) is 18.2 Å². The summed E-state index contributed by atoms with van der Waals surface area (Å²) in [6, 6.07) is 3.31. The molecule has 0 spiro atoms. The molecule has 2 atom stereocenters. The summed E-state index contributed by atoms with van der Waals surface area (Å²) in [7, 11) is 0. The normalized spacial score (nSPS) is 29.6. The lowest BCUT2D eigenvalue weighted by molar-refractivity contribution is 0.0391. The summed E-state index contributed by atoms with van der Waals surface area (Å²) in [5.74, 6) is -0.789. The number of rotatable bonds is 2. The fourth-order valence-electron chi connectivity index (χ4n) is 2.56. The van der Waals surface area contributed by atoms with Gasteiger partial charge in [-0.3, -0.25) is 0 Å². The summed E-state index contributed by atoms with van der Waals surface area (Å²) in [4.78, 5) is 0. The van der Waals surface area contributed by atoms with E-state index >= 15 is 0 Å². The van der Waals surface area contributed by atoms with E-state index in [9.17, 15) is 13.9 Å². The topological polar surface area (TPSA) is 20.2 Å². The number of aliphatic hydroxyl groups is 1. The van der Waals surface area contributed by atoms with E-state index in [0.717, 1.165) is 18.9 Å². The molecule has 0 aromatic heterocycles. The second kappa shape index (κ2) is 4.13. The van der Waals surface area contributed by atoms with Gasteiger partial charge < -0.3 is 5.11 Å². The second-order valence-corrected chi connectivity index (χ2v) is 4.71. The third-order valence-electron chi connectivity index (χ3n) is 3.57. The van der Waals surface area contributed by atoms with Gasteiger partial charge in [0.1, 0.15) is 11.6 Å². The zero-order valence-electron chi connectivity index (χ0n) is 9.34. The quantitative estimate of drug-likeness (QED) is 0.819. The van der Waals surface area contributed by atoms with E-state index in [0.29, 0.717) is 24.3 Å². The summed E-state index contributed by atoms with van der Waals surface area (Å²) in [6.07, 6.45) is 3.12. The molecular formula is C13H16F2O. The Kier molecular flexibility index (Phi) is 2.98. The number of halogens is 2. The zero-order chi connectivity index (χ0) is 11.8. The van der Waals surface area contributed by atoms with Crippen molar-refractivity contribution in [1.29, 1.82) is 0 Å². The van der Waals surface area contributed by atoms with Crippen LogP contribution in [0, 0.1) is 17.6 Å². The molecular weight excluding hydrogens is 210 g/mol. The number of hydrogen-bond acceptors (Lipinski definition) is 1. The van der Waals surface area contributed by atoms with Crippen LogP contribution >= 0.6 is 0 Å². The Morgan fingerprint density at radius 1 is 1.31 bits per heavy atom. The average Bonchev–Trinajstić information content (AvgIpc) is 2.60. The lowest BCUT2D eigenvalue weighted by atomic mass is 9.90. The van der Waals surface area contributed by atoms with Gasteiger partial charge in [0.2, 0.25) is 0 Å². The van der Waals surface area contributed by atoms with Crippen molar-refractivity contribution >= 4 is 0 Å². The highest BCUT2D eigenvalue weighted by molar-refractivity contribution is 5.25. The van der Waals surface area contributed by atoms with Gasteiger partial charge in [-0.25, -0.2) is 8.78 Å². The van der Waals surface area contributed by atoms with Crippen LogP contribution in [-0.4, -0.2) is 5.11 Å². The van der Waals surface area contributed by atoms with Crippen molar-refractivity contribution in [3.63, 3.8) is 0 Å². The molecule has 1 saturated carbocycles. The van der Waals surface area contributed by atoms with Gasteiger partial charge in [-0.1, -0.05) is 13.3 Å². The van der Waals surface area contributed by atoms with Crippen LogP contribution in [0.3, 0.4) is 0 Å². The lowest BCUT2D eigenvalue weighted by Gasteiger charge is -2.23. The molecule has 1 N–H and O–H groups in total. The smallest absolute Gasteiger partial charge is 0.126 e. The molecule has 1 nitrogen and oxygen atoms in total. The Labute approximate surface area is 94.1 Å². The van der Waals surface area contributed by atoms with Gasteiger partial charge >= 0.3 is 0 Å². The van der Waals surface area contributed by atoms with Crippen LogP contribution in [0.4, 0.5) is 8.78 Å². The summed E-state index contributed by atoms with van der Waals surface area (Å²) in [5, 5.41) is 10.4. The van der Waals surface area contributed by atoms with Gasteiger partial charge in [0.15, 0.2) is 0 Å². The van der Waals surface area contributed by atoms with Gasteiger partial charge in [0, 0.05) is 6.07 Å². The van der Waals surface area contributed by atoms with Crippen molar-refractivity contribution in [1.82, 2.24) is 0 Å². The van der Waals surface area contributed by atoms with E-state index in [2.05, 4.69) is 6.92 Å². The predicted octanol–water partition coefficient (Wildman–Crippen LogP) is 3.36. The Morgan fingerprint density at radius 3 is 2.44 bits per heavy atom. The molecule has 2 rings (SSSR count). The molecule has 0 heterocycles. The highest BCUT2D eigenvalue weighted by atomic mass is 19.1. The Bertz CT molecular complexity index is 371. The molecule has 1 aromatic rings. The first-order valence-electron chi connectivity index (χ1n) is 5.72.